The highest BCUT2D eigenvalue weighted by Crippen LogP contribution is 2.56. The molecule has 1 saturated heterocycles. The summed E-state index contributed by atoms with van der Waals surface area (Å²) >= 11 is 0. The number of carbonyl (C=O) groups is 3. The van der Waals surface area contributed by atoms with Gasteiger partial charge in [0.2, 0.25) is 17.7 Å². The molecule has 2 aliphatic carbocycles. The van der Waals surface area contributed by atoms with Crippen LogP contribution >= 0.6 is 0 Å². The summed E-state index contributed by atoms with van der Waals surface area (Å²) in [7, 11) is 0. The van der Waals surface area contributed by atoms with E-state index in [0.717, 1.165) is 30.6 Å². The maximum absolute atomic E-state index is 13.4. The third-order valence-corrected chi connectivity index (χ3v) is 7.28. The summed E-state index contributed by atoms with van der Waals surface area (Å²) in [4.78, 5) is 41.5. The van der Waals surface area contributed by atoms with E-state index in [9.17, 15) is 14.4 Å². The molecule has 0 spiro atoms. The van der Waals surface area contributed by atoms with E-state index in [2.05, 4.69) is 5.32 Å². The monoisotopic (exact) mass is 432 g/mol. The molecule has 2 saturated carbocycles. The molecule has 3 amide bonds. The molecule has 1 heterocycles. The molecule has 5 atom stereocenters. The van der Waals surface area contributed by atoms with Gasteiger partial charge in [-0.3, -0.25) is 19.3 Å². The molecule has 3 fully saturated rings. The summed E-state index contributed by atoms with van der Waals surface area (Å²) in [6.07, 6.45) is 3.30. The number of rotatable bonds is 7. The van der Waals surface area contributed by atoms with Gasteiger partial charge in [-0.2, -0.15) is 0 Å². The van der Waals surface area contributed by atoms with Crippen LogP contribution in [0.1, 0.15) is 31.7 Å². The first-order valence-electron chi connectivity index (χ1n) is 11.5. The Kier molecular flexibility index (Phi) is 5.45. The molecular weight excluding hydrogens is 404 g/mol. The maximum Gasteiger partial charge on any atom is 0.248 e. The Labute approximate surface area is 187 Å². The quantitative estimate of drug-likeness (QED) is 0.678. The van der Waals surface area contributed by atoms with E-state index in [1.54, 1.807) is 24.3 Å². The van der Waals surface area contributed by atoms with Crippen LogP contribution in [-0.2, 0) is 20.8 Å². The van der Waals surface area contributed by atoms with Crippen LogP contribution in [-0.4, -0.2) is 35.3 Å². The van der Waals surface area contributed by atoms with Crippen LogP contribution in [0.4, 0.5) is 5.69 Å². The second-order valence-corrected chi connectivity index (χ2v) is 9.08. The van der Waals surface area contributed by atoms with E-state index in [0.29, 0.717) is 18.7 Å². The summed E-state index contributed by atoms with van der Waals surface area (Å²) in [5.74, 6) is 0.170. The predicted octanol–water partition coefficient (Wildman–Crippen LogP) is 3.67. The van der Waals surface area contributed by atoms with Gasteiger partial charge in [-0.1, -0.05) is 30.3 Å². The van der Waals surface area contributed by atoms with Crippen LogP contribution in [0.3, 0.4) is 0 Å². The number of hydrogen-bond donors (Lipinski definition) is 1. The number of ether oxygens (including phenoxy) is 1. The normalized spacial score (nSPS) is 26.8. The molecule has 0 radical (unpaired) electrons. The van der Waals surface area contributed by atoms with Gasteiger partial charge < -0.3 is 10.1 Å². The Morgan fingerprint density at radius 3 is 2.22 bits per heavy atom. The molecule has 2 aromatic carbocycles. The van der Waals surface area contributed by atoms with Gasteiger partial charge in [0.1, 0.15) is 11.8 Å². The first-order chi connectivity index (χ1) is 15.6. The fourth-order valence-corrected chi connectivity index (χ4v) is 5.90. The fourth-order valence-electron chi connectivity index (χ4n) is 5.90. The van der Waals surface area contributed by atoms with Crippen molar-refractivity contribution in [2.24, 2.45) is 23.7 Å². The number of carbonyl (C=O) groups excluding carboxylic acids is 3. The fraction of sp³-hybridized carbons (Fsp3) is 0.423. The topological polar surface area (TPSA) is 75.7 Å². The second kappa shape index (κ2) is 8.41. The lowest BCUT2D eigenvalue weighted by molar-refractivity contribution is -0.147. The number of fused-ring (bicyclic) bond motifs is 5. The number of benzene rings is 2. The molecule has 32 heavy (non-hydrogen) atoms. The lowest BCUT2D eigenvalue weighted by Crippen LogP contribution is -2.49. The van der Waals surface area contributed by atoms with Crippen LogP contribution in [0.15, 0.2) is 54.6 Å². The molecule has 5 unspecified atom stereocenters. The van der Waals surface area contributed by atoms with Crippen LogP contribution in [0.2, 0.25) is 0 Å². The Balaban J connectivity index is 1.41. The Morgan fingerprint density at radius 1 is 1.00 bits per heavy atom. The molecule has 5 rings (SSSR count). The van der Waals surface area contributed by atoms with Crippen molar-refractivity contribution >= 4 is 23.4 Å². The van der Waals surface area contributed by atoms with Crippen molar-refractivity contribution in [1.29, 1.82) is 0 Å². The standard InChI is InChI=1S/C26H28N2O4/c1-2-32-20-12-10-19(11-13-20)27-24(29)21(14-16-6-4-3-5-7-16)28-25(30)22-17-8-9-18(15-17)23(22)26(28)31/h3-7,10-13,17-18,21-23H,2,8-9,14-15H2,1H3,(H,27,29). The summed E-state index contributed by atoms with van der Waals surface area (Å²) in [6.45, 7) is 2.48. The number of nitrogens with zero attached hydrogens (tertiary/aromatic N) is 1. The highest BCUT2D eigenvalue weighted by molar-refractivity contribution is 6.10. The van der Waals surface area contributed by atoms with Crippen LogP contribution in [0.25, 0.3) is 0 Å². The molecule has 6 nitrogen and oxygen atoms in total. The van der Waals surface area contributed by atoms with Crippen LogP contribution in [0, 0.1) is 23.7 Å². The Morgan fingerprint density at radius 2 is 1.62 bits per heavy atom. The number of anilines is 1. The van der Waals surface area contributed by atoms with Crippen molar-refractivity contribution in [3.05, 3.63) is 60.2 Å². The minimum Gasteiger partial charge on any atom is -0.494 e. The van der Waals surface area contributed by atoms with Crippen molar-refractivity contribution in [3.63, 3.8) is 0 Å². The predicted molar refractivity (Wildman–Crippen MR) is 120 cm³/mol. The Hall–Kier alpha value is -3.15. The van der Waals surface area contributed by atoms with Crippen molar-refractivity contribution in [2.45, 2.75) is 38.6 Å². The van der Waals surface area contributed by atoms with E-state index < -0.39 is 6.04 Å². The second-order valence-electron chi connectivity index (χ2n) is 9.08. The molecule has 3 aliphatic rings. The smallest absolute Gasteiger partial charge is 0.248 e. The molecule has 6 heteroatoms. The molecule has 0 aromatic heterocycles. The van der Waals surface area contributed by atoms with Crippen molar-refractivity contribution < 1.29 is 19.1 Å². The minimum atomic E-state index is -0.867. The molecule has 166 valence electrons. The van der Waals surface area contributed by atoms with E-state index >= 15 is 0 Å². The minimum absolute atomic E-state index is 0.157. The highest BCUT2D eigenvalue weighted by atomic mass is 16.5. The number of amides is 3. The van der Waals surface area contributed by atoms with Crippen LogP contribution in [0.5, 0.6) is 5.75 Å². The summed E-state index contributed by atoms with van der Waals surface area (Å²) in [5, 5.41) is 2.91. The van der Waals surface area contributed by atoms with Gasteiger partial charge in [0.05, 0.1) is 18.4 Å². The maximum atomic E-state index is 13.4. The van der Waals surface area contributed by atoms with Gasteiger partial charge in [-0.15, -0.1) is 0 Å². The third kappa shape index (κ3) is 3.57. The van der Waals surface area contributed by atoms with Gasteiger partial charge in [0, 0.05) is 12.1 Å². The molecular formula is C26H28N2O4. The number of imide groups is 1. The first-order valence-corrected chi connectivity index (χ1v) is 11.5. The van der Waals surface area contributed by atoms with Gasteiger partial charge in [0.15, 0.2) is 0 Å². The SMILES string of the molecule is CCOc1ccc(NC(=O)C(Cc2ccccc2)N2C(=O)C3C4CCC(C4)C3C2=O)cc1. The molecule has 2 bridgehead atoms. The Bertz CT molecular complexity index is 992. The van der Waals surface area contributed by atoms with E-state index in [4.69, 9.17) is 4.74 Å². The first kappa shape index (κ1) is 20.7. The highest BCUT2D eigenvalue weighted by Gasteiger charge is 2.62. The molecule has 2 aromatic rings. The average Bonchev–Trinajstić information content (AvgIpc) is 3.48. The summed E-state index contributed by atoms with van der Waals surface area (Å²) in [6, 6.07) is 15.8. The van der Waals surface area contributed by atoms with Gasteiger partial charge >= 0.3 is 0 Å². The lowest BCUT2D eigenvalue weighted by Gasteiger charge is -2.27. The summed E-state index contributed by atoms with van der Waals surface area (Å²) < 4.78 is 5.46. The van der Waals surface area contributed by atoms with Crippen molar-refractivity contribution in [2.75, 3.05) is 11.9 Å². The zero-order valence-electron chi connectivity index (χ0n) is 18.2. The van der Waals surface area contributed by atoms with Crippen molar-refractivity contribution in [1.82, 2.24) is 4.90 Å². The van der Waals surface area contributed by atoms with E-state index in [1.165, 1.54) is 4.90 Å². The zero-order chi connectivity index (χ0) is 22.2. The largest absolute Gasteiger partial charge is 0.494 e. The number of nitrogens with one attached hydrogen (secondary N) is 1. The summed E-state index contributed by atoms with van der Waals surface area (Å²) in [5.41, 5.74) is 1.52. The third-order valence-electron chi connectivity index (χ3n) is 7.28. The van der Waals surface area contributed by atoms with Gasteiger partial charge in [0.25, 0.3) is 0 Å². The lowest BCUT2D eigenvalue weighted by atomic mass is 9.81. The van der Waals surface area contributed by atoms with E-state index in [1.807, 2.05) is 37.3 Å². The average molecular weight is 433 g/mol. The number of likely N-dealkylation sites (tertiary alicyclic amines) is 1. The van der Waals surface area contributed by atoms with Gasteiger partial charge in [-0.25, -0.2) is 0 Å². The van der Waals surface area contributed by atoms with Crippen LogP contribution < -0.4 is 10.1 Å². The van der Waals surface area contributed by atoms with Crippen molar-refractivity contribution in [3.8, 4) is 5.75 Å². The molecule has 1 aliphatic heterocycles. The zero-order valence-corrected chi connectivity index (χ0v) is 18.2. The van der Waals surface area contributed by atoms with E-state index in [-0.39, 0.29) is 41.4 Å². The molecule has 1 N–H and O–H groups in total. The number of hydrogen-bond acceptors (Lipinski definition) is 4. The van der Waals surface area contributed by atoms with Gasteiger partial charge in [-0.05, 0) is 67.9 Å².